The standard InChI is InChI=1S/C10H11FO/c1-2-3-8-12-10-6-4-9(11)5-7-10/h2,4-7H,1,3,8H2. The van der Waals surface area contributed by atoms with Crippen molar-refractivity contribution in [1.82, 2.24) is 0 Å². The highest BCUT2D eigenvalue weighted by molar-refractivity contribution is 5.21. The summed E-state index contributed by atoms with van der Waals surface area (Å²) in [6.45, 7) is 4.16. The third-order valence-corrected chi connectivity index (χ3v) is 1.40. The van der Waals surface area contributed by atoms with E-state index in [0.717, 1.165) is 6.42 Å². The van der Waals surface area contributed by atoms with Gasteiger partial charge in [0, 0.05) is 0 Å². The topological polar surface area (TPSA) is 9.23 Å². The highest BCUT2D eigenvalue weighted by Crippen LogP contribution is 2.10. The molecule has 64 valence electrons. The SMILES string of the molecule is C=CCCOc1ccc(F)cc1. The van der Waals surface area contributed by atoms with E-state index in [1.807, 2.05) is 0 Å². The van der Waals surface area contributed by atoms with Crippen LogP contribution in [-0.2, 0) is 0 Å². The van der Waals surface area contributed by atoms with E-state index in [1.54, 1.807) is 18.2 Å². The third kappa shape index (κ3) is 2.74. The molecule has 0 atom stereocenters. The lowest BCUT2D eigenvalue weighted by molar-refractivity contribution is 0.324. The minimum Gasteiger partial charge on any atom is -0.493 e. The van der Waals surface area contributed by atoms with Crippen LogP contribution >= 0.6 is 0 Å². The van der Waals surface area contributed by atoms with Crippen LogP contribution in [0, 0.1) is 5.82 Å². The minimum absolute atomic E-state index is 0.244. The van der Waals surface area contributed by atoms with Crippen LogP contribution < -0.4 is 4.74 Å². The molecule has 0 spiro atoms. The molecule has 0 aliphatic heterocycles. The van der Waals surface area contributed by atoms with Crippen LogP contribution in [0.5, 0.6) is 5.75 Å². The fourth-order valence-corrected chi connectivity index (χ4v) is 0.791. The van der Waals surface area contributed by atoms with Crippen molar-refractivity contribution in [2.75, 3.05) is 6.61 Å². The Labute approximate surface area is 71.5 Å². The van der Waals surface area contributed by atoms with Crippen molar-refractivity contribution in [3.63, 3.8) is 0 Å². The van der Waals surface area contributed by atoms with Gasteiger partial charge in [0.2, 0.25) is 0 Å². The molecule has 0 saturated carbocycles. The molecule has 0 heterocycles. The number of hydrogen-bond donors (Lipinski definition) is 0. The van der Waals surface area contributed by atoms with Gasteiger partial charge in [-0.3, -0.25) is 0 Å². The van der Waals surface area contributed by atoms with Crippen molar-refractivity contribution in [2.45, 2.75) is 6.42 Å². The molecule has 0 radical (unpaired) electrons. The number of halogens is 1. The molecule has 0 saturated heterocycles. The molecule has 1 aromatic rings. The van der Waals surface area contributed by atoms with Gasteiger partial charge in [-0.05, 0) is 30.7 Å². The predicted octanol–water partition coefficient (Wildman–Crippen LogP) is 2.78. The van der Waals surface area contributed by atoms with Crippen molar-refractivity contribution in [2.24, 2.45) is 0 Å². The largest absolute Gasteiger partial charge is 0.493 e. The second kappa shape index (κ2) is 4.54. The van der Waals surface area contributed by atoms with Crippen molar-refractivity contribution < 1.29 is 9.13 Å². The minimum atomic E-state index is -0.244. The molecule has 0 N–H and O–H groups in total. The first kappa shape index (κ1) is 8.78. The van der Waals surface area contributed by atoms with E-state index in [0.29, 0.717) is 12.4 Å². The average molecular weight is 166 g/mol. The monoisotopic (exact) mass is 166 g/mol. The maximum Gasteiger partial charge on any atom is 0.123 e. The maximum absolute atomic E-state index is 12.4. The predicted molar refractivity (Wildman–Crippen MR) is 46.7 cm³/mol. The van der Waals surface area contributed by atoms with Gasteiger partial charge in [-0.25, -0.2) is 4.39 Å². The zero-order chi connectivity index (χ0) is 8.81. The van der Waals surface area contributed by atoms with Crippen molar-refractivity contribution in [1.29, 1.82) is 0 Å². The lowest BCUT2D eigenvalue weighted by Gasteiger charge is -2.02. The van der Waals surface area contributed by atoms with Gasteiger partial charge >= 0.3 is 0 Å². The smallest absolute Gasteiger partial charge is 0.123 e. The van der Waals surface area contributed by atoms with Crippen molar-refractivity contribution in [3.05, 3.63) is 42.7 Å². The third-order valence-electron chi connectivity index (χ3n) is 1.40. The Bertz CT molecular complexity index is 241. The van der Waals surface area contributed by atoms with Crippen LogP contribution in [0.2, 0.25) is 0 Å². The molecule has 2 heteroatoms. The Morgan fingerprint density at radius 2 is 2.00 bits per heavy atom. The maximum atomic E-state index is 12.4. The summed E-state index contributed by atoms with van der Waals surface area (Å²) in [5, 5.41) is 0. The summed E-state index contributed by atoms with van der Waals surface area (Å²) in [6, 6.07) is 5.98. The molecule has 0 aliphatic rings. The molecule has 0 fully saturated rings. The van der Waals surface area contributed by atoms with E-state index < -0.39 is 0 Å². The molecule has 0 bridgehead atoms. The van der Waals surface area contributed by atoms with Gasteiger partial charge in [0.25, 0.3) is 0 Å². The van der Waals surface area contributed by atoms with Gasteiger partial charge in [0.1, 0.15) is 11.6 Å². The van der Waals surface area contributed by atoms with Crippen LogP contribution in [0.25, 0.3) is 0 Å². The molecular weight excluding hydrogens is 155 g/mol. The number of rotatable bonds is 4. The lowest BCUT2D eigenvalue weighted by Crippen LogP contribution is -1.94. The summed E-state index contributed by atoms with van der Waals surface area (Å²) in [5.74, 6) is 0.448. The second-order valence-corrected chi connectivity index (χ2v) is 2.38. The van der Waals surface area contributed by atoms with Crippen molar-refractivity contribution in [3.8, 4) is 5.75 Å². The zero-order valence-corrected chi connectivity index (χ0v) is 6.79. The Hall–Kier alpha value is -1.31. The second-order valence-electron chi connectivity index (χ2n) is 2.38. The highest BCUT2D eigenvalue weighted by atomic mass is 19.1. The summed E-state index contributed by atoms with van der Waals surface area (Å²) in [7, 11) is 0. The number of hydrogen-bond acceptors (Lipinski definition) is 1. The van der Waals surface area contributed by atoms with Gasteiger partial charge in [0.05, 0.1) is 6.61 Å². The molecule has 0 unspecified atom stereocenters. The fourth-order valence-electron chi connectivity index (χ4n) is 0.791. The summed E-state index contributed by atoms with van der Waals surface area (Å²) >= 11 is 0. The highest BCUT2D eigenvalue weighted by Gasteiger charge is 1.92. The first-order chi connectivity index (χ1) is 5.83. The zero-order valence-electron chi connectivity index (χ0n) is 6.79. The van der Waals surface area contributed by atoms with Gasteiger partial charge in [-0.1, -0.05) is 6.08 Å². The quantitative estimate of drug-likeness (QED) is 0.493. The molecule has 1 nitrogen and oxygen atoms in total. The van der Waals surface area contributed by atoms with E-state index in [1.165, 1.54) is 12.1 Å². The Morgan fingerprint density at radius 1 is 1.33 bits per heavy atom. The lowest BCUT2D eigenvalue weighted by atomic mass is 10.3. The molecular formula is C10H11FO. The Balaban J connectivity index is 2.42. The van der Waals surface area contributed by atoms with Gasteiger partial charge in [0.15, 0.2) is 0 Å². The molecule has 1 aromatic carbocycles. The first-order valence-electron chi connectivity index (χ1n) is 3.82. The number of ether oxygens (including phenoxy) is 1. The van der Waals surface area contributed by atoms with Crippen LogP contribution in [-0.4, -0.2) is 6.61 Å². The molecule has 12 heavy (non-hydrogen) atoms. The molecule has 0 amide bonds. The first-order valence-corrected chi connectivity index (χ1v) is 3.82. The van der Waals surface area contributed by atoms with Crippen molar-refractivity contribution >= 4 is 0 Å². The van der Waals surface area contributed by atoms with E-state index in [-0.39, 0.29) is 5.82 Å². The van der Waals surface area contributed by atoms with E-state index >= 15 is 0 Å². The molecule has 0 aromatic heterocycles. The van der Waals surface area contributed by atoms with E-state index in [2.05, 4.69) is 6.58 Å². The van der Waals surface area contributed by atoms with E-state index in [9.17, 15) is 4.39 Å². The van der Waals surface area contributed by atoms with Gasteiger partial charge in [-0.15, -0.1) is 6.58 Å². The molecule has 0 aliphatic carbocycles. The van der Waals surface area contributed by atoms with Crippen LogP contribution in [0.1, 0.15) is 6.42 Å². The summed E-state index contributed by atoms with van der Waals surface area (Å²) in [4.78, 5) is 0. The van der Waals surface area contributed by atoms with Crippen LogP contribution in [0.4, 0.5) is 4.39 Å². The summed E-state index contributed by atoms with van der Waals surface area (Å²) < 4.78 is 17.7. The van der Waals surface area contributed by atoms with Crippen LogP contribution in [0.3, 0.4) is 0 Å². The fraction of sp³-hybridized carbons (Fsp3) is 0.200. The Kier molecular flexibility index (Phi) is 3.33. The Morgan fingerprint density at radius 3 is 2.58 bits per heavy atom. The van der Waals surface area contributed by atoms with E-state index in [4.69, 9.17) is 4.74 Å². The number of benzene rings is 1. The van der Waals surface area contributed by atoms with Crippen LogP contribution in [0.15, 0.2) is 36.9 Å². The average Bonchev–Trinajstić information content (AvgIpc) is 2.09. The summed E-state index contributed by atoms with van der Waals surface area (Å²) in [6.07, 6.45) is 2.58. The normalized spacial score (nSPS) is 9.42. The molecule has 1 rings (SSSR count). The van der Waals surface area contributed by atoms with Gasteiger partial charge in [-0.2, -0.15) is 0 Å². The van der Waals surface area contributed by atoms with Gasteiger partial charge < -0.3 is 4.74 Å². The summed E-state index contributed by atoms with van der Waals surface area (Å²) in [5.41, 5.74) is 0.